The van der Waals surface area contributed by atoms with Gasteiger partial charge in [-0.05, 0) is 40.3 Å². The molecule has 0 fully saturated rings. The third-order valence-electron chi connectivity index (χ3n) is 6.36. The molecule has 3 aromatic rings. The first-order valence-corrected chi connectivity index (χ1v) is 11.5. The molecule has 2 atom stereocenters. The highest BCUT2D eigenvalue weighted by molar-refractivity contribution is 5.97. The maximum atomic E-state index is 12.9. The summed E-state index contributed by atoms with van der Waals surface area (Å²) >= 11 is 0. The number of nitrogens with one attached hydrogen (secondary N) is 2. The summed E-state index contributed by atoms with van der Waals surface area (Å²) in [5, 5.41) is 14.4. The molecule has 0 saturated heterocycles. The number of rotatable bonds is 8. The number of alkyl carbamates (subject to hydrolysis) is 1. The summed E-state index contributed by atoms with van der Waals surface area (Å²) in [4.78, 5) is 40.4. The smallest absolute Gasteiger partial charge is 0.407 e. The molecule has 3 N–H and O–H groups in total. The van der Waals surface area contributed by atoms with Crippen molar-refractivity contribution in [2.24, 2.45) is 5.92 Å². The number of carboxylic acid groups (broad SMARTS) is 1. The summed E-state index contributed by atoms with van der Waals surface area (Å²) in [7, 11) is 0. The van der Waals surface area contributed by atoms with E-state index >= 15 is 0 Å². The van der Waals surface area contributed by atoms with Gasteiger partial charge >= 0.3 is 12.1 Å². The first-order valence-electron chi connectivity index (χ1n) is 11.5. The number of anilines is 1. The Bertz CT molecular complexity index is 1200. The number of carboxylic acids is 1. The number of benzene rings is 2. The molecular formula is C27H27N3O5. The van der Waals surface area contributed by atoms with Crippen molar-refractivity contribution >= 4 is 23.7 Å². The van der Waals surface area contributed by atoms with Crippen molar-refractivity contribution in [2.45, 2.75) is 32.2 Å². The lowest BCUT2D eigenvalue weighted by Crippen LogP contribution is -2.48. The number of carbonyl (C=O) groups excluding carboxylic acids is 2. The lowest BCUT2D eigenvalue weighted by molar-refractivity contribution is -0.119. The first-order chi connectivity index (χ1) is 16.9. The second-order valence-electron chi connectivity index (χ2n) is 8.56. The van der Waals surface area contributed by atoms with Crippen LogP contribution in [0.25, 0.3) is 11.1 Å². The number of hydrogen-bond acceptors (Lipinski definition) is 5. The fraction of sp³-hybridized carbons (Fsp3) is 0.259. The SMILES string of the molecule is CC[C@H](C)[C@H](NC(=O)OCC1c2ccccc2-c2ccccc21)C(=O)Nc1ccc(C(=O)O)nc1. The Morgan fingerprint density at radius 3 is 2.17 bits per heavy atom. The van der Waals surface area contributed by atoms with Crippen LogP contribution in [0.4, 0.5) is 10.5 Å². The Kier molecular flexibility index (Phi) is 7.10. The minimum Gasteiger partial charge on any atom is -0.477 e. The summed E-state index contributed by atoms with van der Waals surface area (Å²) in [6.07, 6.45) is 1.24. The quantitative estimate of drug-likeness (QED) is 0.438. The Labute approximate surface area is 203 Å². The molecule has 0 spiro atoms. The van der Waals surface area contributed by atoms with Gasteiger partial charge in [0.25, 0.3) is 0 Å². The third kappa shape index (κ3) is 5.16. The van der Waals surface area contributed by atoms with Gasteiger partial charge in [-0.2, -0.15) is 0 Å². The lowest BCUT2D eigenvalue weighted by atomic mass is 9.98. The zero-order chi connectivity index (χ0) is 24.9. The average Bonchev–Trinajstić information content (AvgIpc) is 3.19. The fourth-order valence-corrected chi connectivity index (χ4v) is 4.28. The minimum absolute atomic E-state index is 0.0807. The van der Waals surface area contributed by atoms with Gasteiger partial charge in [-0.25, -0.2) is 14.6 Å². The van der Waals surface area contributed by atoms with Crippen molar-refractivity contribution in [1.82, 2.24) is 10.3 Å². The molecule has 1 aliphatic carbocycles. The highest BCUT2D eigenvalue weighted by Crippen LogP contribution is 2.44. The van der Waals surface area contributed by atoms with Gasteiger partial charge in [0.2, 0.25) is 5.91 Å². The molecule has 0 unspecified atom stereocenters. The van der Waals surface area contributed by atoms with E-state index in [1.54, 1.807) is 0 Å². The highest BCUT2D eigenvalue weighted by Gasteiger charge is 2.31. The van der Waals surface area contributed by atoms with E-state index in [-0.39, 0.29) is 24.1 Å². The van der Waals surface area contributed by atoms with Crippen LogP contribution in [-0.4, -0.2) is 40.7 Å². The number of ether oxygens (including phenoxy) is 1. The molecule has 1 heterocycles. The predicted octanol–water partition coefficient (Wildman–Crippen LogP) is 4.67. The highest BCUT2D eigenvalue weighted by atomic mass is 16.5. The fourth-order valence-electron chi connectivity index (χ4n) is 4.28. The molecule has 1 aliphatic rings. The van der Waals surface area contributed by atoms with E-state index in [0.29, 0.717) is 12.1 Å². The minimum atomic E-state index is -1.16. The van der Waals surface area contributed by atoms with Gasteiger partial charge < -0.3 is 20.5 Å². The number of hydrogen-bond donors (Lipinski definition) is 3. The van der Waals surface area contributed by atoms with Crippen LogP contribution >= 0.6 is 0 Å². The van der Waals surface area contributed by atoms with Gasteiger partial charge in [0.15, 0.2) is 0 Å². The van der Waals surface area contributed by atoms with E-state index in [0.717, 1.165) is 22.3 Å². The number of amides is 2. The molecule has 0 radical (unpaired) electrons. The summed E-state index contributed by atoms with van der Waals surface area (Å²) in [6.45, 7) is 3.93. The first kappa shape index (κ1) is 23.9. The maximum absolute atomic E-state index is 12.9. The van der Waals surface area contributed by atoms with E-state index in [1.807, 2.05) is 50.2 Å². The second-order valence-corrected chi connectivity index (χ2v) is 8.56. The van der Waals surface area contributed by atoms with Crippen LogP contribution in [0.15, 0.2) is 66.9 Å². The molecule has 0 aliphatic heterocycles. The molecule has 8 nitrogen and oxygen atoms in total. The molecule has 180 valence electrons. The van der Waals surface area contributed by atoms with Gasteiger partial charge in [-0.3, -0.25) is 4.79 Å². The zero-order valence-corrected chi connectivity index (χ0v) is 19.5. The standard InChI is InChI=1S/C27H27N3O5/c1-3-16(2)24(25(31)29-17-12-13-23(26(32)33)28-14-17)30-27(34)35-15-22-20-10-6-4-8-18(20)19-9-5-7-11-21(19)22/h4-14,16,22,24H,3,15H2,1-2H3,(H,29,31)(H,30,34)(H,32,33)/t16-,24-/m0/s1. The zero-order valence-electron chi connectivity index (χ0n) is 19.5. The number of fused-ring (bicyclic) bond motifs is 3. The number of carbonyl (C=O) groups is 3. The van der Waals surface area contributed by atoms with Crippen LogP contribution in [0.5, 0.6) is 0 Å². The van der Waals surface area contributed by atoms with Crippen molar-refractivity contribution in [3.63, 3.8) is 0 Å². The summed E-state index contributed by atoms with van der Waals surface area (Å²) in [5.74, 6) is -1.83. The van der Waals surface area contributed by atoms with Crippen molar-refractivity contribution in [3.8, 4) is 11.1 Å². The number of nitrogens with zero attached hydrogens (tertiary/aromatic N) is 1. The predicted molar refractivity (Wildman–Crippen MR) is 131 cm³/mol. The molecule has 8 heteroatoms. The third-order valence-corrected chi connectivity index (χ3v) is 6.36. The van der Waals surface area contributed by atoms with Gasteiger partial charge in [0.1, 0.15) is 18.3 Å². The summed E-state index contributed by atoms with van der Waals surface area (Å²) in [5.41, 5.74) is 4.69. The topological polar surface area (TPSA) is 118 Å². The van der Waals surface area contributed by atoms with E-state index in [9.17, 15) is 14.4 Å². The summed E-state index contributed by atoms with van der Waals surface area (Å²) < 4.78 is 5.60. The largest absolute Gasteiger partial charge is 0.477 e. The Hall–Kier alpha value is -4.20. The van der Waals surface area contributed by atoms with Gasteiger partial charge in [-0.1, -0.05) is 68.8 Å². The Morgan fingerprint density at radius 2 is 1.63 bits per heavy atom. The second kappa shape index (κ2) is 10.4. The van der Waals surface area contributed by atoms with Crippen LogP contribution in [-0.2, 0) is 9.53 Å². The Morgan fingerprint density at radius 1 is 1.00 bits per heavy atom. The van der Waals surface area contributed by atoms with Crippen molar-refractivity contribution in [2.75, 3.05) is 11.9 Å². The number of pyridine rings is 1. The van der Waals surface area contributed by atoms with E-state index in [1.165, 1.54) is 18.3 Å². The van der Waals surface area contributed by atoms with Crippen molar-refractivity contribution < 1.29 is 24.2 Å². The molecule has 4 rings (SSSR count). The Balaban J connectivity index is 1.42. The maximum Gasteiger partial charge on any atom is 0.407 e. The molecule has 1 aromatic heterocycles. The van der Waals surface area contributed by atoms with E-state index in [2.05, 4.69) is 27.8 Å². The van der Waals surface area contributed by atoms with Gasteiger partial charge in [0.05, 0.1) is 11.9 Å². The number of aromatic carboxylic acids is 1. The van der Waals surface area contributed by atoms with E-state index < -0.39 is 24.0 Å². The molecular weight excluding hydrogens is 446 g/mol. The van der Waals surface area contributed by atoms with Crippen LogP contribution in [0, 0.1) is 5.92 Å². The molecule has 0 bridgehead atoms. The number of aromatic nitrogens is 1. The molecule has 2 amide bonds. The van der Waals surface area contributed by atoms with Crippen molar-refractivity contribution in [1.29, 1.82) is 0 Å². The summed E-state index contributed by atoms with van der Waals surface area (Å²) in [6, 6.07) is 18.1. The lowest BCUT2D eigenvalue weighted by Gasteiger charge is -2.24. The molecule has 0 saturated carbocycles. The van der Waals surface area contributed by atoms with Gasteiger partial charge in [-0.15, -0.1) is 0 Å². The van der Waals surface area contributed by atoms with Gasteiger partial charge in [0, 0.05) is 5.92 Å². The molecule has 2 aromatic carbocycles. The average molecular weight is 474 g/mol. The van der Waals surface area contributed by atoms with Crippen molar-refractivity contribution in [3.05, 3.63) is 83.7 Å². The monoisotopic (exact) mass is 473 g/mol. The normalized spacial score (nSPS) is 13.8. The van der Waals surface area contributed by atoms with Crippen LogP contribution in [0.2, 0.25) is 0 Å². The van der Waals surface area contributed by atoms with Crippen LogP contribution in [0.1, 0.15) is 47.8 Å². The molecule has 35 heavy (non-hydrogen) atoms. The van der Waals surface area contributed by atoms with Crippen LogP contribution in [0.3, 0.4) is 0 Å². The van der Waals surface area contributed by atoms with Crippen LogP contribution < -0.4 is 10.6 Å². The van der Waals surface area contributed by atoms with E-state index in [4.69, 9.17) is 9.84 Å².